The Labute approximate surface area is 106 Å². The van der Waals surface area contributed by atoms with Crippen molar-refractivity contribution in [2.45, 2.75) is 18.9 Å². The molecule has 1 atom stereocenters. The van der Waals surface area contributed by atoms with Gasteiger partial charge in [-0.3, -0.25) is 4.79 Å². The van der Waals surface area contributed by atoms with Crippen LogP contribution in [0.5, 0.6) is 5.75 Å². The highest BCUT2D eigenvalue weighted by molar-refractivity contribution is 5.95. The van der Waals surface area contributed by atoms with E-state index in [1.54, 1.807) is 25.2 Å². The van der Waals surface area contributed by atoms with Crippen LogP contribution in [0.2, 0.25) is 0 Å². The molecule has 18 heavy (non-hydrogen) atoms. The molecule has 1 aliphatic heterocycles. The summed E-state index contributed by atoms with van der Waals surface area (Å²) in [6.07, 6.45) is 2.26. The SMILES string of the molecule is CNC(=O)c1ccc(OCC2CCCO2)c(N)c1. The zero-order chi connectivity index (χ0) is 13.0. The van der Waals surface area contributed by atoms with Gasteiger partial charge in [-0.2, -0.15) is 0 Å². The van der Waals surface area contributed by atoms with Crippen LogP contribution in [0, 0.1) is 0 Å². The molecule has 0 radical (unpaired) electrons. The van der Waals surface area contributed by atoms with Gasteiger partial charge >= 0.3 is 0 Å². The number of anilines is 1. The van der Waals surface area contributed by atoms with Gasteiger partial charge in [0.15, 0.2) is 0 Å². The van der Waals surface area contributed by atoms with Crippen LogP contribution in [0.1, 0.15) is 23.2 Å². The largest absolute Gasteiger partial charge is 0.489 e. The van der Waals surface area contributed by atoms with Crippen molar-refractivity contribution in [3.8, 4) is 5.75 Å². The maximum atomic E-state index is 11.4. The summed E-state index contributed by atoms with van der Waals surface area (Å²) in [4.78, 5) is 11.4. The normalized spacial score (nSPS) is 18.6. The number of ether oxygens (including phenoxy) is 2. The molecular formula is C13H18N2O3. The van der Waals surface area contributed by atoms with Gasteiger partial charge in [0.25, 0.3) is 5.91 Å². The maximum absolute atomic E-state index is 11.4. The van der Waals surface area contributed by atoms with Gasteiger partial charge in [0.05, 0.1) is 11.8 Å². The molecule has 0 saturated carbocycles. The molecule has 1 aromatic rings. The van der Waals surface area contributed by atoms with E-state index in [9.17, 15) is 4.79 Å². The zero-order valence-corrected chi connectivity index (χ0v) is 10.4. The van der Waals surface area contributed by atoms with Crippen LogP contribution in [0.25, 0.3) is 0 Å². The van der Waals surface area contributed by atoms with Gasteiger partial charge in [-0.15, -0.1) is 0 Å². The summed E-state index contributed by atoms with van der Waals surface area (Å²) in [6.45, 7) is 1.31. The van der Waals surface area contributed by atoms with Crippen molar-refractivity contribution in [3.05, 3.63) is 23.8 Å². The van der Waals surface area contributed by atoms with Gasteiger partial charge in [-0.05, 0) is 31.0 Å². The van der Waals surface area contributed by atoms with Crippen LogP contribution >= 0.6 is 0 Å². The molecule has 1 amide bonds. The average Bonchev–Trinajstić information content (AvgIpc) is 2.89. The molecule has 1 saturated heterocycles. The molecule has 0 spiro atoms. The fourth-order valence-corrected chi connectivity index (χ4v) is 1.92. The molecule has 0 aliphatic carbocycles. The second kappa shape index (κ2) is 5.73. The molecule has 2 rings (SSSR count). The molecule has 1 fully saturated rings. The van der Waals surface area contributed by atoms with E-state index in [1.165, 1.54) is 0 Å². The third kappa shape index (κ3) is 2.92. The van der Waals surface area contributed by atoms with Crippen molar-refractivity contribution < 1.29 is 14.3 Å². The van der Waals surface area contributed by atoms with Crippen molar-refractivity contribution in [2.75, 3.05) is 26.0 Å². The van der Waals surface area contributed by atoms with Crippen molar-refractivity contribution in [2.24, 2.45) is 0 Å². The van der Waals surface area contributed by atoms with Crippen LogP contribution in [0.3, 0.4) is 0 Å². The van der Waals surface area contributed by atoms with Gasteiger partial charge < -0.3 is 20.5 Å². The highest BCUT2D eigenvalue weighted by Gasteiger charge is 2.16. The predicted molar refractivity (Wildman–Crippen MR) is 68.7 cm³/mol. The van der Waals surface area contributed by atoms with E-state index >= 15 is 0 Å². The highest BCUT2D eigenvalue weighted by Crippen LogP contribution is 2.24. The number of hydrogen-bond donors (Lipinski definition) is 2. The van der Waals surface area contributed by atoms with Crippen LogP contribution in [0.15, 0.2) is 18.2 Å². The number of benzene rings is 1. The first-order chi connectivity index (χ1) is 8.70. The van der Waals surface area contributed by atoms with Crippen LogP contribution in [-0.2, 0) is 4.74 Å². The van der Waals surface area contributed by atoms with Gasteiger partial charge in [0.1, 0.15) is 12.4 Å². The summed E-state index contributed by atoms with van der Waals surface area (Å²) in [7, 11) is 1.58. The minimum Gasteiger partial charge on any atom is -0.489 e. The number of carbonyl (C=O) groups is 1. The molecule has 1 aliphatic rings. The molecule has 5 nitrogen and oxygen atoms in total. The Kier molecular flexibility index (Phi) is 4.04. The van der Waals surface area contributed by atoms with Crippen molar-refractivity contribution in [3.63, 3.8) is 0 Å². The van der Waals surface area contributed by atoms with Gasteiger partial charge in [0.2, 0.25) is 0 Å². The Morgan fingerprint density at radius 2 is 2.44 bits per heavy atom. The summed E-state index contributed by atoms with van der Waals surface area (Å²) in [5.41, 5.74) is 6.85. The van der Waals surface area contributed by atoms with Crippen molar-refractivity contribution in [1.82, 2.24) is 5.32 Å². The third-order valence-electron chi connectivity index (χ3n) is 2.95. The molecule has 1 unspecified atom stereocenters. The standard InChI is InChI=1S/C13H18N2O3/c1-15-13(16)9-4-5-12(11(14)7-9)18-8-10-3-2-6-17-10/h4-5,7,10H,2-3,6,8,14H2,1H3,(H,15,16). The summed E-state index contributed by atoms with van der Waals surface area (Å²) in [5, 5.41) is 2.55. The monoisotopic (exact) mass is 250 g/mol. The lowest BCUT2D eigenvalue weighted by molar-refractivity contribution is 0.0682. The van der Waals surface area contributed by atoms with E-state index in [0.29, 0.717) is 23.6 Å². The zero-order valence-electron chi connectivity index (χ0n) is 10.4. The number of amides is 1. The highest BCUT2D eigenvalue weighted by atomic mass is 16.5. The van der Waals surface area contributed by atoms with E-state index in [-0.39, 0.29) is 12.0 Å². The van der Waals surface area contributed by atoms with E-state index in [1.807, 2.05) is 0 Å². The second-order valence-corrected chi connectivity index (χ2v) is 4.28. The van der Waals surface area contributed by atoms with Crippen LogP contribution < -0.4 is 15.8 Å². The number of rotatable bonds is 4. The number of carbonyl (C=O) groups excluding carboxylic acids is 1. The van der Waals surface area contributed by atoms with Gasteiger partial charge in [0, 0.05) is 19.2 Å². The van der Waals surface area contributed by atoms with Gasteiger partial charge in [-0.25, -0.2) is 0 Å². The Morgan fingerprint density at radius 3 is 3.06 bits per heavy atom. The minimum atomic E-state index is -0.160. The lowest BCUT2D eigenvalue weighted by Crippen LogP contribution is -2.19. The summed E-state index contributed by atoms with van der Waals surface area (Å²) in [5.74, 6) is 0.436. The van der Waals surface area contributed by atoms with Crippen molar-refractivity contribution in [1.29, 1.82) is 0 Å². The number of nitrogens with two attached hydrogens (primary N) is 1. The van der Waals surface area contributed by atoms with Crippen molar-refractivity contribution >= 4 is 11.6 Å². The molecule has 1 heterocycles. The van der Waals surface area contributed by atoms with E-state index in [4.69, 9.17) is 15.2 Å². The minimum absolute atomic E-state index is 0.156. The number of hydrogen-bond acceptors (Lipinski definition) is 4. The lowest BCUT2D eigenvalue weighted by Gasteiger charge is -2.13. The Morgan fingerprint density at radius 1 is 1.61 bits per heavy atom. The maximum Gasteiger partial charge on any atom is 0.251 e. The smallest absolute Gasteiger partial charge is 0.251 e. The molecule has 0 bridgehead atoms. The van der Waals surface area contributed by atoms with Crippen LogP contribution in [-0.4, -0.2) is 32.3 Å². The molecule has 98 valence electrons. The lowest BCUT2D eigenvalue weighted by atomic mass is 10.2. The molecule has 0 aromatic heterocycles. The second-order valence-electron chi connectivity index (χ2n) is 4.28. The van der Waals surface area contributed by atoms with E-state index in [0.717, 1.165) is 19.4 Å². The number of nitrogen functional groups attached to an aromatic ring is 1. The predicted octanol–water partition coefficient (Wildman–Crippen LogP) is 1.19. The molecule has 5 heteroatoms. The van der Waals surface area contributed by atoms with Crippen LogP contribution in [0.4, 0.5) is 5.69 Å². The quantitative estimate of drug-likeness (QED) is 0.787. The van der Waals surface area contributed by atoms with E-state index < -0.39 is 0 Å². The fourth-order valence-electron chi connectivity index (χ4n) is 1.92. The first-order valence-corrected chi connectivity index (χ1v) is 6.06. The van der Waals surface area contributed by atoms with E-state index in [2.05, 4.69) is 5.32 Å². The number of nitrogens with one attached hydrogen (secondary N) is 1. The third-order valence-corrected chi connectivity index (χ3v) is 2.95. The Bertz CT molecular complexity index is 428. The summed E-state index contributed by atoms with van der Waals surface area (Å²) in [6, 6.07) is 5.03. The molecule has 1 aromatic carbocycles. The first kappa shape index (κ1) is 12.7. The Hall–Kier alpha value is -1.75. The Balaban J connectivity index is 1.98. The summed E-state index contributed by atoms with van der Waals surface area (Å²) < 4.78 is 11.1. The topological polar surface area (TPSA) is 73.6 Å². The fraction of sp³-hybridized carbons (Fsp3) is 0.462. The first-order valence-electron chi connectivity index (χ1n) is 6.06. The molecule has 3 N–H and O–H groups in total. The summed E-state index contributed by atoms with van der Waals surface area (Å²) >= 11 is 0. The average molecular weight is 250 g/mol. The van der Waals surface area contributed by atoms with Gasteiger partial charge in [-0.1, -0.05) is 0 Å². The molecular weight excluding hydrogens is 232 g/mol.